The van der Waals surface area contributed by atoms with Gasteiger partial charge in [0.05, 0.1) is 6.20 Å². The lowest BCUT2D eigenvalue weighted by Gasteiger charge is -2.28. The fourth-order valence-electron chi connectivity index (χ4n) is 2.60. The molecule has 2 rings (SSSR count). The molecule has 0 saturated heterocycles. The smallest absolute Gasteiger partial charge is 0.256 e. The summed E-state index contributed by atoms with van der Waals surface area (Å²) in [6.07, 6.45) is 7.35. The van der Waals surface area contributed by atoms with Crippen LogP contribution in [0.4, 0.5) is 5.82 Å². The molecule has 1 aliphatic rings. The van der Waals surface area contributed by atoms with Gasteiger partial charge in [0.2, 0.25) is 0 Å². The van der Waals surface area contributed by atoms with Crippen LogP contribution in [-0.4, -0.2) is 21.7 Å². The topological polar surface area (TPSA) is 72.9 Å². The number of anilines is 1. The number of aryl methyl sites for hydroxylation is 1. The first-order valence-electron chi connectivity index (χ1n) is 6.70. The van der Waals surface area contributed by atoms with Crippen LogP contribution in [0.5, 0.6) is 0 Å². The van der Waals surface area contributed by atoms with Crippen LogP contribution in [0.25, 0.3) is 0 Å². The standard InChI is InChI=1S/C13H22N4O/c1-3-9-4-6-10(7-5-9)16-13(18)11-8-15-17(2)12(11)14/h8-10H,3-7,14H2,1-2H3,(H,16,18). The van der Waals surface area contributed by atoms with Crippen molar-refractivity contribution in [3.8, 4) is 0 Å². The first-order valence-corrected chi connectivity index (χ1v) is 6.70. The number of nitrogen functional groups attached to an aromatic ring is 1. The zero-order valence-electron chi connectivity index (χ0n) is 11.1. The number of hydrogen-bond donors (Lipinski definition) is 2. The second kappa shape index (κ2) is 5.42. The van der Waals surface area contributed by atoms with E-state index in [-0.39, 0.29) is 5.91 Å². The van der Waals surface area contributed by atoms with Crippen molar-refractivity contribution in [2.75, 3.05) is 5.73 Å². The summed E-state index contributed by atoms with van der Waals surface area (Å²) in [6, 6.07) is 0.292. The number of hydrogen-bond acceptors (Lipinski definition) is 3. The molecular weight excluding hydrogens is 228 g/mol. The molecule has 3 N–H and O–H groups in total. The number of nitrogens with one attached hydrogen (secondary N) is 1. The summed E-state index contributed by atoms with van der Waals surface area (Å²) in [5.41, 5.74) is 6.27. The number of rotatable bonds is 3. The molecule has 1 heterocycles. The van der Waals surface area contributed by atoms with Crippen molar-refractivity contribution in [1.29, 1.82) is 0 Å². The predicted octanol–water partition coefficient (Wildman–Crippen LogP) is 1.70. The summed E-state index contributed by atoms with van der Waals surface area (Å²) < 4.78 is 1.52. The third-order valence-corrected chi connectivity index (χ3v) is 3.99. The average molecular weight is 250 g/mol. The van der Waals surface area contributed by atoms with E-state index in [9.17, 15) is 4.79 Å². The summed E-state index contributed by atoms with van der Waals surface area (Å²) in [7, 11) is 1.73. The van der Waals surface area contributed by atoms with E-state index >= 15 is 0 Å². The van der Waals surface area contributed by atoms with Gasteiger partial charge in [-0.15, -0.1) is 0 Å². The highest BCUT2D eigenvalue weighted by molar-refractivity contribution is 5.98. The van der Waals surface area contributed by atoms with Gasteiger partial charge < -0.3 is 11.1 Å². The minimum atomic E-state index is -0.0967. The normalized spacial score (nSPS) is 23.9. The van der Waals surface area contributed by atoms with Gasteiger partial charge >= 0.3 is 0 Å². The van der Waals surface area contributed by atoms with Crippen LogP contribution in [0.3, 0.4) is 0 Å². The van der Waals surface area contributed by atoms with Gasteiger partial charge in [0, 0.05) is 13.1 Å². The first-order chi connectivity index (χ1) is 8.61. The number of nitrogens with zero attached hydrogens (tertiary/aromatic N) is 2. The summed E-state index contributed by atoms with van der Waals surface area (Å²) in [6.45, 7) is 2.24. The van der Waals surface area contributed by atoms with Gasteiger partial charge in [-0.1, -0.05) is 13.3 Å². The molecule has 1 fully saturated rings. The molecule has 1 saturated carbocycles. The van der Waals surface area contributed by atoms with E-state index < -0.39 is 0 Å². The van der Waals surface area contributed by atoms with Crippen molar-refractivity contribution >= 4 is 11.7 Å². The van der Waals surface area contributed by atoms with Crippen LogP contribution < -0.4 is 11.1 Å². The fraction of sp³-hybridized carbons (Fsp3) is 0.692. The Morgan fingerprint density at radius 3 is 2.67 bits per heavy atom. The van der Waals surface area contributed by atoms with Crippen LogP contribution in [0, 0.1) is 5.92 Å². The highest BCUT2D eigenvalue weighted by Gasteiger charge is 2.23. The molecule has 18 heavy (non-hydrogen) atoms. The zero-order valence-corrected chi connectivity index (χ0v) is 11.1. The molecule has 0 atom stereocenters. The van der Waals surface area contributed by atoms with Crippen molar-refractivity contribution < 1.29 is 4.79 Å². The monoisotopic (exact) mass is 250 g/mol. The van der Waals surface area contributed by atoms with E-state index in [1.807, 2.05) is 0 Å². The maximum Gasteiger partial charge on any atom is 0.256 e. The fourth-order valence-corrected chi connectivity index (χ4v) is 2.60. The molecule has 0 bridgehead atoms. The minimum absolute atomic E-state index is 0.0967. The van der Waals surface area contributed by atoms with Crippen LogP contribution in [-0.2, 0) is 7.05 Å². The Hall–Kier alpha value is -1.52. The van der Waals surface area contributed by atoms with Crippen molar-refractivity contribution in [3.05, 3.63) is 11.8 Å². The SMILES string of the molecule is CCC1CCC(NC(=O)c2cnn(C)c2N)CC1. The molecule has 0 unspecified atom stereocenters. The summed E-state index contributed by atoms with van der Waals surface area (Å²) in [5.74, 6) is 1.16. The maximum atomic E-state index is 12.1. The van der Waals surface area contributed by atoms with E-state index in [1.165, 1.54) is 30.1 Å². The van der Waals surface area contributed by atoms with Crippen LogP contribution in [0.15, 0.2) is 6.20 Å². The second-order valence-corrected chi connectivity index (χ2v) is 5.17. The van der Waals surface area contributed by atoms with Crippen molar-refractivity contribution in [2.24, 2.45) is 13.0 Å². The van der Waals surface area contributed by atoms with Gasteiger partial charge in [0.25, 0.3) is 5.91 Å². The Morgan fingerprint density at radius 1 is 1.50 bits per heavy atom. The molecule has 0 spiro atoms. The average Bonchev–Trinajstić information content (AvgIpc) is 2.71. The molecule has 0 aliphatic heterocycles. The molecule has 0 aromatic carbocycles. The highest BCUT2D eigenvalue weighted by atomic mass is 16.1. The van der Waals surface area contributed by atoms with E-state index in [2.05, 4.69) is 17.3 Å². The van der Waals surface area contributed by atoms with Crippen molar-refractivity contribution in [1.82, 2.24) is 15.1 Å². The van der Waals surface area contributed by atoms with E-state index in [0.717, 1.165) is 18.8 Å². The Kier molecular flexibility index (Phi) is 3.89. The lowest BCUT2D eigenvalue weighted by molar-refractivity contribution is 0.0922. The van der Waals surface area contributed by atoms with Gasteiger partial charge in [-0.25, -0.2) is 0 Å². The largest absolute Gasteiger partial charge is 0.383 e. The van der Waals surface area contributed by atoms with Crippen LogP contribution in [0.1, 0.15) is 49.4 Å². The first kappa shape index (κ1) is 12.9. The van der Waals surface area contributed by atoms with Gasteiger partial charge in [-0.2, -0.15) is 5.10 Å². The molecule has 1 aliphatic carbocycles. The van der Waals surface area contributed by atoms with Gasteiger partial charge in [-0.3, -0.25) is 9.48 Å². The van der Waals surface area contributed by atoms with Gasteiger partial charge in [0.1, 0.15) is 11.4 Å². The predicted molar refractivity (Wildman–Crippen MR) is 71.1 cm³/mol. The van der Waals surface area contributed by atoms with Crippen molar-refractivity contribution in [2.45, 2.75) is 45.1 Å². The lowest BCUT2D eigenvalue weighted by Crippen LogP contribution is -2.37. The Labute approximate surface area is 108 Å². The summed E-state index contributed by atoms with van der Waals surface area (Å²) in [4.78, 5) is 12.1. The molecular formula is C13H22N4O. The molecule has 1 amide bonds. The van der Waals surface area contributed by atoms with E-state index in [4.69, 9.17) is 5.73 Å². The molecule has 0 radical (unpaired) electrons. The molecule has 1 aromatic heterocycles. The maximum absolute atomic E-state index is 12.1. The number of carbonyl (C=O) groups excluding carboxylic acids is 1. The van der Waals surface area contributed by atoms with Crippen LogP contribution in [0.2, 0.25) is 0 Å². The highest BCUT2D eigenvalue weighted by Crippen LogP contribution is 2.26. The van der Waals surface area contributed by atoms with Gasteiger partial charge in [-0.05, 0) is 31.6 Å². The van der Waals surface area contributed by atoms with Crippen molar-refractivity contribution in [3.63, 3.8) is 0 Å². The molecule has 5 heteroatoms. The van der Waals surface area contributed by atoms with E-state index in [0.29, 0.717) is 17.4 Å². The Balaban J connectivity index is 1.91. The minimum Gasteiger partial charge on any atom is -0.383 e. The Morgan fingerprint density at radius 2 is 2.17 bits per heavy atom. The third kappa shape index (κ3) is 2.66. The number of amides is 1. The van der Waals surface area contributed by atoms with E-state index in [1.54, 1.807) is 7.05 Å². The zero-order chi connectivity index (χ0) is 13.1. The van der Waals surface area contributed by atoms with Gasteiger partial charge in [0.15, 0.2) is 0 Å². The van der Waals surface area contributed by atoms with Crippen LogP contribution >= 0.6 is 0 Å². The quantitative estimate of drug-likeness (QED) is 0.857. The number of carbonyl (C=O) groups is 1. The summed E-state index contributed by atoms with van der Waals surface area (Å²) >= 11 is 0. The second-order valence-electron chi connectivity index (χ2n) is 5.17. The molecule has 5 nitrogen and oxygen atoms in total. The third-order valence-electron chi connectivity index (χ3n) is 3.99. The Bertz CT molecular complexity index is 419. The number of nitrogens with two attached hydrogens (primary N) is 1. The molecule has 100 valence electrons. The lowest BCUT2D eigenvalue weighted by atomic mass is 9.84. The summed E-state index contributed by atoms with van der Waals surface area (Å²) in [5, 5.41) is 7.05. The number of aromatic nitrogens is 2. The molecule has 1 aromatic rings.